The highest BCUT2D eigenvalue weighted by molar-refractivity contribution is 7.93. The van der Waals surface area contributed by atoms with Gasteiger partial charge in [-0.15, -0.1) is 10.2 Å². The second-order valence-corrected chi connectivity index (χ2v) is 10.4. The van der Waals surface area contributed by atoms with Crippen molar-refractivity contribution in [3.8, 4) is 11.8 Å². The number of nitrogens with zero attached hydrogens (tertiary/aromatic N) is 4. The summed E-state index contributed by atoms with van der Waals surface area (Å²) in [5, 5.41) is 19.8. The third-order valence-corrected chi connectivity index (χ3v) is 7.84. The number of para-hydroxylation sites is 1. The Kier molecular flexibility index (Phi) is 6.59. The molecule has 160 valence electrons. The van der Waals surface area contributed by atoms with Crippen molar-refractivity contribution in [3.05, 3.63) is 57.9 Å². The number of hydrogen-bond donors (Lipinski definition) is 1. The minimum atomic E-state index is -3.52. The number of rotatable bonds is 6. The molecule has 31 heavy (non-hydrogen) atoms. The molecule has 0 unspecified atom stereocenters. The number of benzene rings is 1. The van der Waals surface area contributed by atoms with E-state index in [1.165, 1.54) is 13.0 Å². The SMILES string of the molecule is CCS(=O)(=O)c1nnc(NC(=O)C(C#N)=Cc2cc(C)n(-c3ccccc3Cl)c2C)s1. The second kappa shape index (κ2) is 9.01. The molecular formula is C20H18ClN5O3S2. The molecule has 0 aliphatic carbocycles. The third-order valence-electron chi connectivity index (χ3n) is 4.50. The van der Waals surface area contributed by atoms with Gasteiger partial charge in [0.1, 0.15) is 11.6 Å². The van der Waals surface area contributed by atoms with Gasteiger partial charge in [0.05, 0.1) is 16.5 Å². The van der Waals surface area contributed by atoms with E-state index in [9.17, 15) is 18.5 Å². The van der Waals surface area contributed by atoms with Crippen LogP contribution in [0.1, 0.15) is 23.9 Å². The number of halogens is 1. The van der Waals surface area contributed by atoms with E-state index in [0.29, 0.717) is 10.6 Å². The topological polar surface area (TPSA) is 118 Å². The summed E-state index contributed by atoms with van der Waals surface area (Å²) >= 11 is 7.06. The first-order valence-electron chi connectivity index (χ1n) is 9.11. The zero-order chi connectivity index (χ0) is 22.8. The van der Waals surface area contributed by atoms with Gasteiger partial charge in [0.15, 0.2) is 0 Å². The van der Waals surface area contributed by atoms with Crippen LogP contribution in [-0.2, 0) is 14.6 Å². The van der Waals surface area contributed by atoms with E-state index in [1.54, 1.807) is 6.07 Å². The van der Waals surface area contributed by atoms with E-state index < -0.39 is 15.7 Å². The molecule has 0 atom stereocenters. The van der Waals surface area contributed by atoms with Crippen LogP contribution >= 0.6 is 22.9 Å². The Balaban J connectivity index is 1.91. The van der Waals surface area contributed by atoms with Gasteiger partial charge in [-0.2, -0.15) is 5.26 Å². The molecule has 8 nitrogen and oxygen atoms in total. The molecule has 1 amide bonds. The molecule has 0 bridgehead atoms. The summed E-state index contributed by atoms with van der Waals surface area (Å²) in [6, 6.07) is 11.1. The van der Waals surface area contributed by atoms with E-state index in [1.807, 2.05) is 48.7 Å². The van der Waals surface area contributed by atoms with Crippen LogP contribution in [0, 0.1) is 25.2 Å². The van der Waals surface area contributed by atoms with Crippen molar-refractivity contribution < 1.29 is 13.2 Å². The highest BCUT2D eigenvalue weighted by Gasteiger charge is 2.20. The van der Waals surface area contributed by atoms with E-state index in [-0.39, 0.29) is 20.8 Å². The Morgan fingerprint density at radius 2 is 2.03 bits per heavy atom. The Morgan fingerprint density at radius 1 is 1.32 bits per heavy atom. The summed E-state index contributed by atoms with van der Waals surface area (Å²) in [5.74, 6) is -0.832. The van der Waals surface area contributed by atoms with Crippen LogP contribution in [0.5, 0.6) is 0 Å². The summed E-state index contributed by atoms with van der Waals surface area (Å²) in [6.07, 6.45) is 1.47. The van der Waals surface area contributed by atoms with Gasteiger partial charge >= 0.3 is 0 Å². The Bertz CT molecular complexity index is 1330. The van der Waals surface area contributed by atoms with Gasteiger partial charge in [-0.25, -0.2) is 8.42 Å². The molecule has 0 spiro atoms. The number of nitrogens with one attached hydrogen (secondary N) is 1. The van der Waals surface area contributed by atoms with Crippen LogP contribution < -0.4 is 5.32 Å². The lowest BCUT2D eigenvalue weighted by Gasteiger charge is -2.11. The molecule has 1 aromatic carbocycles. The van der Waals surface area contributed by atoms with Gasteiger partial charge in [0, 0.05) is 11.4 Å². The summed E-state index contributed by atoms with van der Waals surface area (Å²) in [4.78, 5) is 12.6. The summed E-state index contributed by atoms with van der Waals surface area (Å²) in [5.41, 5.74) is 3.00. The zero-order valence-electron chi connectivity index (χ0n) is 16.9. The number of carbonyl (C=O) groups is 1. The highest BCUT2D eigenvalue weighted by atomic mass is 35.5. The number of anilines is 1. The maximum Gasteiger partial charge on any atom is 0.268 e. The Hall–Kier alpha value is -3.00. The van der Waals surface area contributed by atoms with Gasteiger partial charge in [0.25, 0.3) is 5.91 Å². The normalized spacial score (nSPS) is 11.9. The van der Waals surface area contributed by atoms with Crippen molar-refractivity contribution in [1.82, 2.24) is 14.8 Å². The number of amides is 1. The Labute approximate surface area is 188 Å². The molecule has 3 aromatic rings. The maximum absolute atomic E-state index is 12.6. The standard InChI is InChI=1S/C20H18ClN5O3S2/c1-4-31(28,29)20-25-24-19(30-20)23-18(27)15(11-22)10-14-9-12(2)26(13(14)3)17-8-6-5-7-16(17)21/h5-10H,4H2,1-3H3,(H,23,24,27). The van der Waals surface area contributed by atoms with Gasteiger partial charge in [-0.3, -0.25) is 10.1 Å². The lowest BCUT2D eigenvalue weighted by molar-refractivity contribution is -0.112. The molecule has 0 fully saturated rings. The lowest BCUT2D eigenvalue weighted by Crippen LogP contribution is -2.13. The average Bonchev–Trinajstić information content (AvgIpc) is 3.31. The fourth-order valence-corrected chi connectivity index (χ4v) is 5.12. The largest absolute Gasteiger partial charge is 0.316 e. The van der Waals surface area contributed by atoms with Crippen molar-refractivity contribution in [2.75, 3.05) is 11.1 Å². The smallest absolute Gasteiger partial charge is 0.268 e. The number of nitriles is 1. The van der Waals surface area contributed by atoms with Gasteiger partial charge in [-0.05, 0) is 43.7 Å². The minimum Gasteiger partial charge on any atom is -0.316 e. The molecule has 0 aliphatic heterocycles. The predicted octanol–water partition coefficient (Wildman–Crippen LogP) is 3.94. The minimum absolute atomic E-state index is 0.000264. The number of sulfone groups is 1. The number of aromatic nitrogens is 3. The average molecular weight is 476 g/mol. The third kappa shape index (κ3) is 4.69. The van der Waals surface area contributed by atoms with Crippen LogP contribution in [0.25, 0.3) is 11.8 Å². The quantitative estimate of drug-likeness (QED) is 0.327. The zero-order valence-corrected chi connectivity index (χ0v) is 19.3. The second-order valence-electron chi connectivity index (χ2n) is 6.51. The first-order chi connectivity index (χ1) is 14.7. The van der Waals surface area contributed by atoms with Gasteiger partial charge < -0.3 is 4.57 Å². The van der Waals surface area contributed by atoms with E-state index in [0.717, 1.165) is 28.4 Å². The molecule has 3 rings (SSSR count). The fraction of sp³-hybridized carbons (Fsp3) is 0.200. The molecule has 0 radical (unpaired) electrons. The van der Waals surface area contributed by atoms with Crippen molar-refractivity contribution in [1.29, 1.82) is 5.26 Å². The Morgan fingerprint density at radius 3 is 2.68 bits per heavy atom. The van der Waals surface area contributed by atoms with E-state index >= 15 is 0 Å². The van der Waals surface area contributed by atoms with E-state index in [4.69, 9.17) is 11.6 Å². The molecule has 2 heterocycles. The summed E-state index contributed by atoms with van der Waals surface area (Å²) in [7, 11) is -3.52. The van der Waals surface area contributed by atoms with E-state index in [2.05, 4.69) is 15.5 Å². The van der Waals surface area contributed by atoms with Crippen LogP contribution in [0.4, 0.5) is 5.13 Å². The molecule has 0 aliphatic rings. The monoisotopic (exact) mass is 475 g/mol. The van der Waals surface area contributed by atoms with Crippen molar-refractivity contribution in [3.63, 3.8) is 0 Å². The maximum atomic E-state index is 12.6. The van der Waals surface area contributed by atoms with Crippen LogP contribution in [0.15, 0.2) is 40.2 Å². The molecule has 11 heteroatoms. The highest BCUT2D eigenvalue weighted by Crippen LogP contribution is 2.28. The molecule has 2 aromatic heterocycles. The number of aryl methyl sites for hydroxylation is 1. The number of carbonyl (C=O) groups excluding carboxylic acids is 1. The fourth-order valence-electron chi connectivity index (χ4n) is 2.92. The molecule has 1 N–H and O–H groups in total. The van der Waals surface area contributed by atoms with Crippen molar-refractivity contribution in [2.24, 2.45) is 0 Å². The molecular weight excluding hydrogens is 458 g/mol. The summed E-state index contributed by atoms with van der Waals surface area (Å²) < 4.78 is 25.5. The van der Waals surface area contributed by atoms with Crippen LogP contribution in [0.2, 0.25) is 5.02 Å². The first-order valence-corrected chi connectivity index (χ1v) is 12.0. The predicted molar refractivity (Wildman–Crippen MR) is 120 cm³/mol. The van der Waals surface area contributed by atoms with Crippen LogP contribution in [-0.4, -0.2) is 34.8 Å². The van der Waals surface area contributed by atoms with Crippen molar-refractivity contribution >= 4 is 49.9 Å². The number of hydrogen-bond acceptors (Lipinski definition) is 7. The first kappa shape index (κ1) is 22.7. The lowest BCUT2D eigenvalue weighted by atomic mass is 10.1. The van der Waals surface area contributed by atoms with Crippen LogP contribution in [0.3, 0.4) is 0 Å². The molecule has 0 saturated carbocycles. The van der Waals surface area contributed by atoms with Crippen molar-refractivity contribution in [2.45, 2.75) is 25.1 Å². The molecule has 0 saturated heterocycles. The van der Waals surface area contributed by atoms with Gasteiger partial charge in [0.2, 0.25) is 19.3 Å². The van der Waals surface area contributed by atoms with Gasteiger partial charge in [-0.1, -0.05) is 42.0 Å². The summed E-state index contributed by atoms with van der Waals surface area (Å²) in [6.45, 7) is 5.25.